The number of carbonyl (C=O) groups excluding carboxylic acids is 1. The summed E-state index contributed by atoms with van der Waals surface area (Å²) in [6.45, 7) is 2.06. The largest absolute Gasteiger partial charge is 0.345 e. The lowest BCUT2D eigenvalue weighted by molar-refractivity contribution is 0.0933. The van der Waals surface area contributed by atoms with E-state index in [1.54, 1.807) is 17.5 Å². The maximum atomic E-state index is 13.0. The van der Waals surface area contributed by atoms with Crippen LogP contribution in [0.15, 0.2) is 60.9 Å². The molecule has 0 bridgehead atoms. The first kappa shape index (κ1) is 18.0. The molecule has 1 unspecified atom stereocenters. The first-order valence-electron chi connectivity index (χ1n) is 9.89. The first-order chi connectivity index (χ1) is 14.2. The zero-order chi connectivity index (χ0) is 19.8. The van der Waals surface area contributed by atoms with Crippen LogP contribution in [0.25, 0.3) is 20.8 Å². The molecule has 1 aliphatic carbocycles. The zero-order valence-electron chi connectivity index (χ0n) is 16.2. The van der Waals surface area contributed by atoms with Gasteiger partial charge in [0.2, 0.25) is 0 Å². The van der Waals surface area contributed by atoms with Crippen molar-refractivity contribution in [2.45, 2.75) is 32.2 Å². The van der Waals surface area contributed by atoms with E-state index in [0.29, 0.717) is 5.56 Å². The van der Waals surface area contributed by atoms with Crippen molar-refractivity contribution in [3.05, 3.63) is 83.2 Å². The maximum absolute atomic E-state index is 13.0. The topological polar surface area (TPSA) is 54.9 Å². The first-order valence-corrected chi connectivity index (χ1v) is 10.7. The molecular weight excluding hydrogens is 378 g/mol. The summed E-state index contributed by atoms with van der Waals surface area (Å²) < 4.78 is 1.01. The van der Waals surface area contributed by atoms with Crippen molar-refractivity contribution in [3.63, 3.8) is 0 Å². The van der Waals surface area contributed by atoms with E-state index in [1.165, 1.54) is 11.1 Å². The third kappa shape index (κ3) is 3.42. The fourth-order valence-corrected chi connectivity index (χ4v) is 5.09. The fourth-order valence-electron chi connectivity index (χ4n) is 4.01. The lowest BCUT2D eigenvalue weighted by Gasteiger charge is -2.26. The number of amides is 1. The highest BCUT2D eigenvalue weighted by Gasteiger charge is 2.22. The Bertz CT molecular complexity index is 1210. The van der Waals surface area contributed by atoms with E-state index in [2.05, 4.69) is 41.5 Å². The predicted molar refractivity (Wildman–Crippen MR) is 117 cm³/mol. The molecule has 0 aliphatic heterocycles. The number of aromatic nitrogens is 2. The number of rotatable bonds is 3. The molecule has 0 radical (unpaired) electrons. The summed E-state index contributed by atoms with van der Waals surface area (Å²) in [6.07, 6.45) is 6.81. The average Bonchev–Trinajstić information content (AvgIpc) is 3.17. The molecule has 0 saturated heterocycles. The molecule has 0 fully saturated rings. The number of nitrogens with one attached hydrogen (secondary N) is 1. The van der Waals surface area contributed by atoms with Crippen molar-refractivity contribution in [2.24, 2.45) is 0 Å². The van der Waals surface area contributed by atoms with Crippen molar-refractivity contribution in [2.75, 3.05) is 0 Å². The van der Waals surface area contributed by atoms with E-state index < -0.39 is 0 Å². The van der Waals surface area contributed by atoms with Crippen molar-refractivity contribution in [1.82, 2.24) is 15.3 Å². The van der Waals surface area contributed by atoms with Crippen molar-refractivity contribution < 1.29 is 4.79 Å². The minimum Gasteiger partial charge on any atom is -0.345 e. The minimum atomic E-state index is -0.0267. The number of carbonyl (C=O) groups is 1. The van der Waals surface area contributed by atoms with E-state index in [-0.39, 0.29) is 11.9 Å². The van der Waals surface area contributed by atoms with E-state index >= 15 is 0 Å². The van der Waals surface area contributed by atoms with Crippen LogP contribution in [-0.4, -0.2) is 15.9 Å². The molecule has 4 aromatic rings. The zero-order valence-corrected chi connectivity index (χ0v) is 17.0. The summed E-state index contributed by atoms with van der Waals surface area (Å²) in [4.78, 5) is 21.9. The molecule has 144 valence electrons. The quantitative estimate of drug-likeness (QED) is 0.497. The molecule has 2 heterocycles. The average molecular weight is 400 g/mol. The number of benzene rings is 2. The lowest BCUT2D eigenvalue weighted by Crippen LogP contribution is -2.30. The Kier molecular flexibility index (Phi) is 4.60. The highest BCUT2D eigenvalue weighted by Crippen LogP contribution is 2.33. The molecule has 5 rings (SSSR count). The van der Waals surface area contributed by atoms with Crippen LogP contribution in [0.4, 0.5) is 0 Å². The van der Waals surface area contributed by atoms with Gasteiger partial charge >= 0.3 is 0 Å². The summed E-state index contributed by atoms with van der Waals surface area (Å²) in [5, 5.41) is 4.17. The second-order valence-electron chi connectivity index (χ2n) is 7.51. The summed E-state index contributed by atoms with van der Waals surface area (Å²) in [6, 6.07) is 16.2. The van der Waals surface area contributed by atoms with E-state index in [1.807, 2.05) is 30.5 Å². The van der Waals surface area contributed by atoms with Gasteiger partial charge in [0.05, 0.1) is 16.3 Å². The third-order valence-electron chi connectivity index (χ3n) is 5.59. The Labute approximate surface area is 173 Å². The van der Waals surface area contributed by atoms with Crippen LogP contribution in [0, 0.1) is 6.92 Å². The lowest BCUT2D eigenvalue weighted by atomic mass is 9.87. The fraction of sp³-hybridized carbons (Fsp3) is 0.208. The van der Waals surface area contributed by atoms with Gasteiger partial charge in [0.15, 0.2) is 0 Å². The molecule has 1 amide bonds. The Balaban J connectivity index is 1.42. The molecule has 4 nitrogen and oxygen atoms in total. The summed E-state index contributed by atoms with van der Waals surface area (Å²) in [7, 11) is 0. The van der Waals surface area contributed by atoms with Crippen LogP contribution in [-0.2, 0) is 6.42 Å². The molecule has 2 aromatic heterocycles. The van der Waals surface area contributed by atoms with Crippen molar-refractivity contribution in [3.8, 4) is 10.6 Å². The maximum Gasteiger partial charge on any atom is 0.251 e. The molecule has 5 heteroatoms. The van der Waals surface area contributed by atoms with E-state index in [9.17, 15) is 4.79 Å². The summed E-state index contributed by atoms with van der Waals surface area (Å²) in [5.74, 6) is -0.0267. The van der Waals surface area contributed by atoms with Gasteiger partial charge < -0.3 is 5.32 Å². The van der Waals surface area contributed by atoms with Crippen LogP contribution in [0.2, 0.25) is 0 Å². The van der Waals surface area contributed by atoms with E-state index in [0.717, 1.165) is 45.6 Å². The summed E-state index contributed by atoms with van der Waals surface area (Å²) in [5.41, 5.74) is 6.37. The SMILES string of the molecule is Cc1ccncc1-c1nc2ccc(C(=O)NC3CCCc4ccccc43)cc2s1. The predicted octanol–water partition coefficient (Wildman–Crippen LogP) is 5.47. The molecule has 1 aliphatic rings. The van der Waals surface area contributed by atoms with Crippen LogP contribution < -0.4 is 5.32 Å². The Morgan fingerprint density at radius 1 is 1.17 bits per heavy atom. The number of nitrogens with zero attached hydrogens (tertiary/aromatic N) is 2. The van der Waals surface area contributed by atoms with Gasteiger partial charge in [-0.25, -0.2) is 4.98 Å². The molecule has 0 spiro atoms. The van der Waals surface area contributed by atoms with Crippen LogP contribution in [0.1, 0.15) is 45.9 Å². The number of hydrogen-bond donors (Lipinski definition) is 1. The second-order valence-corrected chi connectivity index (χ2v) is 8.54. The van der Waals surface area contributed by atoms with Crippen LogP contribution in [0.5, 0.6) is 0 Å². The number of aryl methyl sites for hydroxylation is 2. The molecule has 2 aromatic carbocycles. The van der Waals surface area contributed by atoms with Gasteiger partial charge in [-0.15, -0.1) is 11.3 Å². The molecule has 0 saturated carbocycles. The van der Waals surface area contributed by atoms with Gasteiger partial charge in [-0.2, -0.15) is 0 Å². The van der Waals surface area contributed by atoms with Crippen LogP contribution >= 0.6 is 11.3 Å². The van der Waals surface area contributed by atoms with Gasteiger partial charge in [-0.05, 0) is 67.1 Å². The third-order valence-corrected chi connectivity index (χ3v) is 6.65. The molecule has 1 atom stereocenters. The summed E-state index contributed by atoms with van der Waals surface area (Å²) >= 11 is 1.60. The Morgan fingerprint density at radius 3 is 2.97 bits per heavy atom. The van der Waals surface area contributed by atoms with Gasteiger partial charge in [0.1, 0.15) is 5.01 Å². The second kappa shape index (κ2) is 7.41. The Hall–Kier alpha value is -3.05. The molecule has 1 N–H and O–H groups in total. The van der Waals surface area contributed by atoms with Crippen molar-refractivity contribution in [1.29, 1.82) is 0 Å². The smallest absolute Gasteiger partial charge is 0.251 e. The normalized spacial score (nSPS) is 15.8. The monoisotopic (exact) mass is 399 g/mol. The minimum absolute atomic E-state index is 0.0267. The standard InChI is InChI=1S/C24H21N3OS/c1-15-11-12-25-14-19(15)24-27-21-10-9-17(13-22(21)29-24)23(28)26-20-8-4-6-16-5-2-3-7-18(16)20/h2-3,5,7,9-14,20H,4,6,8H2,1H3,(H,26,28). The number of fused-ring (bicyclic) bond motifs is 2. The van der Waals surface area contributed by atoms with Crippen molar-refractivity contribution >= 4 is 27.5 Å². The highest BCUT2D eigenvalue weighted by atomic mass is 32.1. The van der Waals surface area contributed by atoms with Gasteiger partial charge in [0.25, 0.3) is 5.91 Å². The Morgan fingerprint density at radius 2 is 2.07 bits per heavy atom. The van der Waals surface area contributed by atoms with Gasteiger partial charge in [-0.1, -0.05) is 24.3 Å². The van der Waals surface area contributed by atoms with Gasteiger partial charge in [0, 0.05) is 23.5 Å². The number of thiazole rings is 1. The molecule has 29 heavy (non-hydrogen) atoms. The van der Waals surface area contributed by atoms with E-state index in [4.69, 9.17) is 4.98 Å². The van der Waals surface area contributed by atoms with Gasteiger partial charge in [-0.3, -0.25) is 9.78 Å². The number of pyridine rings is 1. The van der Waals surface area contributed by atoms with Crippen LogP contribution in [0.3, 0.4) is 0 Å². The molecular formula is C24H21N3OS. The highest BCUT2D eigenvalue weighted by molar-refractivity contribution is 7.21. The number of hydrogen-bond acceptors (Lipinski definition) is 4.